The molecule has 3 aromatic rings. The van der Waals surface area contributed by atoms with Gasteiger partial charge in [-0.2, -0.15) is 0 Å². The van der Waals surface area contributed by atoms with Gasteiger partial charge in [0.1, 0.15) is 23.9 Å². The molecule has 0 radical (unpaired) electrons. The molecule has 2 fully saturated rings. The highest BCUT2D eigenvalue weighted by atomic mass is 16.3. The van der Waals surface area contributed by atoms with Crippen molar-refractivity contribution in [1.82, 2.24) is 20.5 Å². The van der Waals surface area contributed by atoms with Crippen LogP contribution in [0.4, 0.5) is 5.69 Å². The zero-order valence-corrected chi connectivity index (χ0v) is 24.8. The molecule has 2 aliphatic rings. The number of fused-ring (bicyclic) bond motifs is 3. The standard InChI is InChI=1S/C32H37N5O7.4H2/c1-18-21-9-3-4-11-26(21)44-28(18)31(42)35-22(12-13-25(38)30(41)33-2)29(40)36-23-10-6-14-37(32(23)43)17-27(39)34-24-16-19-7-5-8-20(24)15-19;;;;/h3-4,6,9-11,14,19-20,22,24H,5,7-8,12-13,15-17H2,1-2H3,(H,33,41)(H,34,39)(H,35,42)(H,36,40);4*1H/t19?,20?,22-,24?;;;;/m0..../s1. The summed E-state index contributed by atoms with van der Waals surface area (Å²) in [5.41, 5.74) is 0.374. The number of nitrogens with zero attached hydrogens (tertiary/aromatic N) is 1. The van der Waals surface area contributed by atoms with Crippen LogP contribution < -0.4 is 26.8 Å². The number of pyridine rings is 1. The first-order chi connectivity index (χ1) is 21.1. The van der Waals surface area contributed by atoms with Crippen LogP contribution in [0, 0.1) is 18.8 Å². The van der Waals surface area contributed by atoms with Crippen LogP contribution in [-0.2, 0) is 25.7 Å². The van der Waals surface area contributed by atoms with Gasteiger partial charge in [-0.15, -0.1) is 0 Å². The van der Waals surface area contributed by atoms with Crippen molar-refractivity contribution in [3.05, 3.63) is 64.3 Å². The molecule has 240 valence electrons. The van der Waals surface area contributed by atoms with Gasteiger partial charge in [0.05, 0.1) is 0 Å². The molecule has 0 aliphatic heterocycles. The number of aryl methyl sites for hydroxylation is 1. The molecule has 2 saturated carbocycles. The van der Waals surface area contributed by atoms with Gasteiger partial charge in [-0.3, -0.25) is 28.8 Å². The summed E-state index contributed by atoms with van der Waals surface area (Å²) in [4.78, 5) is 76.7. The van der Waals surface area contributed by atoms with E-state index in [0.29, 0.717) is 23.0 Å². The Hall–Kier alpha value is -4.74. The average Bonchev–Trinajstić information content (AvgIpc) is 3.50. The van der Waals surface area contributed by atoms with Crippen molar-refractivity contribution in [2.75, 3.05) is 12.4 Å². The second kappa shape index (κ2) is 13.3. The van der Waals surface area contributed by atoms with Crippen molar-refractivity contribution in [1.29, 1.82) is 0 Å². The molecule has 4 amide bonds. The Bertz CT molecular complexity index is 1680. The number of rotatable bonds is 11. The zero-order chi connectivity index (χ0) is 31.4. The lowest BCUT2D eigenvalue weighted by Gasteiger charge is -2.22. The Labute approximate surface area is 259 Å². The van der Waals surface area contributed by atoms with E-state index in [1.54, 1.807) is 25.1 Å². The first-order valence-electron chi connectivity index (χ1n) is 15.0. The molecular weight excluding hydrogens is 566 g/mol. The number of para-hydroxylation sites is 1. The Morgan fingerprint density at radius 1 is 1.07 bits per heavy atom. The first kappa shape index (κ1) is 30.7. The topological polar surface area (TPSA) is 169 Å². The molecule has 0 spiro atoms. The second-order valence-corrected chi connectivity index (χ2v) is 11.7. The van der Waals surface area contributed by atoms with Crippen molar-refractivity contribution < 1.29 is 34.1 Å². The predicted octanol–water partition coefficient (Wildman–Crippen LogP) is 3.41. The quantitative estimate of drug-likeness (QED) is 0.241. The van der Waals surface area contributed by atoms with E-state index in [0.717, 1.165) is 24.6 Å². The van der Waals surface area contributed by atoms with Crippen LogP contribution in [-0.4, -0.2) is 53.1 Å². The lowest BCUT2D eigenvalue weighted by molar-refractivity contribution is -0.137. The summed E-state index contributed by atoms with van der Waals surface area (Å²) in [5.74, 6) is -2.19. The van der Waals surface area contributed by atoms with E-state index in [4.69, 9.17) is 4.42 Å². The molecule has 2 bridgehead atoms. The number of likely N-dealkylation sites (N-methyl/N-ethyl adjacent to an activating group) is 1. The molecule has 3 unspecified atom stereocenters. The molecule has 4 N–H and O–H groups in total. The minimum absolute atomic E-state index is 0. The average molecular weight is 612 g/mol. The van der Waals surface area contributed by atoms with Crippen molar-refractivity contribution >= 4 is 46.1 Å². The largest absolute Gasteiger partial charge is 0.451 e. The van der Waals surface area contributed by atoms with Gasteiger partial charge in [0.2, 0.25) is 17.6 Å². The number of benzene rings is 1. The summed E-state index contributed by atoms with van der Waals surface area (Å²) in [6.45, 7) is 1.51. The number of carbonyl (C=O) groups excluding carboxylic acids is 5. The van der Waals surface area contributed by atoms with E-state index in [2.05, 4.69) is 21.3 Å². The maximum atomic E-state index is 13.4. The molecule has 1 aromatic carbocycles. The third kappa shape index (κ3) is 6.74. The molecular formula is C32H45N5O7. The maximum Gasteiger partial charge on any atom is 0.287 e. The molecule has 2 aromatic heterocycles. The van der Waals surface area contributed by atoms with Gasteiger partial charge in [0.25, 0.3) is 17.4 Å². The van der Waals surface area contributed by atoms with Gasteiger partial charge < -0.3 is 30.3 Å². The molecule has 5 rings (SSSR count). The predicted molar refractivity (Wildman–Crippen MR) is 170 cm³/mol. The SMILES string of the molecule is CNC(=O)C(=O)CC[C@H](NC(=O)c1oc2ccccc2c1C)C(=O)Nc1cccn(CC(=O)NC2CC3CCCC2C3)c1=O.[HH].[HH].[HH].[HH]. The van der Waals surface area contributed by atoms with Gasteiger partial charge in [0.15, 0.2) is 5.76 Å². The highest BCUT2D eigenvalue weighted by Gasteiger charge is 2.37. The van der Waals surface area contributed by atoms with E-state index in [1.165, 1.54) is 42.8 Å². The lowest BCUT2D eigenvalue weighted by Crippen LogP contribution is -2.45. The second-order valence-electron chi connectivity index (χ2n) is 11.7. The van der Waals surface area contributed by atoms with Crippen molar-refractivity contribution in [2.45, 2.75) is 70.5 Å². The molecule has 44 heavy (non-hydrogen) atoms. The normalized spacial score (nSPS) is 19.6. The maximum absolute atomic E-state index is 13.4. The number of nitrogens with one attached hydrogen (secondary N) is 4. The molecule has 12 heteroatoms. The van der Waals surface area contributed by atoms with E-state index in [9.17, 15) is 28.8 Å². The molecule has 0 saturated heterocycles. The number of hydrogen-bond donors (Lipinski definition) is 4. The number of ketones is 1. The van der Waals surface area contributed by atoms with E-state index < -0.39 is 35.1 Å². The van der Waals surface area contributed by atoms with Crippen LogP contribution in [0.5, 0.6) is 0 Å². The van der Waals surface area contributed by atoms with Crippen LogP contribution in [0.15, 0.2) is 51.8 Å². The molecule has 2 heterocycles. The smallest absolute Gasteiger partial charge is 0.287 e. The fourth-order valence-electron chi connectivity index (χ4n) is 6.44. The minimum Gasteiger partial charge on any atom is -0.451 e. The van der Waals surface area contributed by atoms with Crippen LogP contribution in [0.3, 0.4) is 0 Å². The number of amides is 4. The first-order valence-corrected chi connectivity index (χ1v) is 15.0. The number of carbonyl (C=O) groups is 5. The number of hydrogen-bond acceptors (Lipinski definition) is 7. The summed E-state index contributed by atoms with van der Waals surface area (Å²) in [5, 5.41) is 11.2. The van der Waals surface area contributed by atoms with Crippen LogP contribution in [0.25, 0.3) is 11.0 Å². The third-order valence-electron chi connectivity index (χ3n) is 8.73. The van der Waals surface area contributed by atoms with E-state index in [1.807, 2.05) is 6.07 Å². The zero-order valence-electron chi connectivity index (χ0n) is 24.8. The lowest BCUT2D eigenvalue weighted by atomic mass is 9.89. The Morgan fingerprint density at radius 3 is 2.61 bits per heavy atom. The number of furan rings is 1. The number of Topliss-reactive ketones (excluding diaryl/α,β-unsaturated/α-hetero) is 1. The number of aromatic nitrogens is 1. The fraction of sp³-hybridized carbons (Fsp3) is 0.438. The Kier molecular flexibility index (Phi) is 9.26. The van der Waals surface area contributed by atoms with Gasteiger partial charge in [-0.25, -0.2) is 0 Å². The highest BCUT2D eigenvalue weighted by Crippen LogP contribution is 2.42. The summed E-state index contributed by atoms with van der Waals surface area (Å²) < 4.78 is 6.93. The van der Waals surface area contributed by atoms with Crippen molar-refractivity contribution in [3.8, 4) is 0 Å². The molecule has 2 aliphatic carbocycles. The molecule has 12 nitrogen and oxygen atoms in total. The monoisotopic (exact) mass is 611 g/mol. The highest BCUT2D eigenvalue weighted by molar-refractivity contribution is 6.36. The summed E-state index contributed by atoms with van der Waals surface area (Å²) in [6, 6.07) is 8.85. The van der Waals surface area contributed by atoms with Gasteiger partial charge in [-0.1, -0.05) is 31.0 Å². The van der Waals surface area contributed by atoms with E-state index in [-0.39, 0.29) is 48.5 Å². The summed E-state index contributed by atoms with van der Waals surface area (Å²) >= 11 is 0. The van der Waals surface area contributed by atoms with Crippen molar-refractivity contribution in [2.24, 2.45) is 11.8 Å². The van der Waals surface area contributed by atoms with Gasteiger partial charge >= 0.3 is 0 Å². The van der Waals surface area contributed by atoms with Crippen LogP contribution in [0.1, 0.15) is 66.8 Å². The summed E-state index contributed by atoms with van der Waals surface area (Å²) in [7, 11) is 1.32. The molecule has 4 atom stereocenters. The Morgan fingerprint density at radius 2 is 1.86 bits per heavy atom. The minimum atomic E-state index is -1.29. The van der Waals surface area contributed by atoms with Gasteiger partial charge in [-0.05, 0) is 62.6 Å². The number of anilines is 1. The van der Waals surface area contributed by atoms with Crippen LogP contribution >= 0.6 is 0 Å². The van der Waals surface area contributed by atoms with Gasteiger partial charge in [0, 0.05) is 42.4 Å². The van der Waals surface area contributed by atoms with Crippen LogP contribution in [0.2, 0.25) is 0 Å². The summed E-state index contributed by atoms with van der Waals surface area (Å²) in [6.07, 6.45) is 6.50. The fourth-order valence-corrected chi connectivity index (χ4v) is 6.44. The third-order valence-corrected chi connectivity index (χ3v) is 8.73. The Balaban J connectivity index is 0.00000288. The van der Waals surface area contributed by atoms with E-state index >= 15 is 0 Å². The van der Waals surface area contributed by atoms with Crippen molar-refractivity contribution in [3.63, 3.8) is 0 Å².